The minimum Gasteiger partial charge on any atom is -0.481 e. The van der Waals surface area contributed by atoms with Crippen LogP contribution in [0.4, 0.5) is 0 Å². The normalized spacial score (nSPS) is 48.1. The molecule has 3 aliphatic carbocycles. The molecule has 5 heteroatoms. The van der Waals surface area contributed by atoms with Crippen molar-refractivity contribution in [3.8, 4) is 0 Å². The summed E-state index contributed by atoms with van der Waals surface area (Å²) in [5, 5.41) is 39.9. The van der Waals surface area contributed by atoms with Crippen molar-refractivity contribution in [3.05, 3.63) is 11.6 Å². The summed E-state index contributed by atoms with van der Waals surface area (Å²) in [6.07, 6.45) is 5.04. The van der Waals surface area contributed by atoms with E-state index in [-0.39, 0.29) is 23.9 Å². The Bertz CT molecular complexity index is 587. The molecule has 142 valence electrons. The third-order valence-electron chi connectivity index (χ3n) is 7.78. The highest BCUT2D eigenvalue weighted by Gasteiger charge is 2.60. The van der Waals surface area contributed by atoms with Gasteiger partial charge in [0.25, 0.3) is 0 Å². The molecule has 0 aromatic rings. The third kappa shape index (κ3) is 2.75. The van der Waals surface area contributed by atoms with Gasteiger partial charge in [-0.25, -0.2) is 0 Å². The molecule has 0 bridgehead atoms. The van der Waals surface area contributed by atoms with Gasteiger partial charge in [-0.15, -0.1) is 0 Å². The molecule has 0 saturated heterocycles. The van der Waals surface area contributed by atoms with Gasteiger partial charge in [-0.2, -0.15) is 0 Å². The second-order valence-corrected chi connectivity index (χ2v) is 9.40. The summed E-state index contributed by atoms with van der Waals surface area (Å²) in [6, 6.07) is 0. The van der Waals surface area contributed by atoms with Gasteiger partial charge in [-0.05, 0) is 62.7 Å². The SMILES string of the molecule is CC1(C(O)CO)C=C2CCC3C(C)(C(=O)O)CC(O)CC3(C)C2CC1. The van der Waals surface area contributed by atoms with E-state index in [0.29, 0.717) is 12.8 Å². The Morgan fingerprint density at radius 2 is 1.96 bits per heavy atom. The van der Waals surface area contributed by atoms with E-state index < -0.39 is 29.0 Å². The second-order valence-electron chi connectivity index (χ2n) is 9.40. The molecule has 0 amide bonds. The molecule has 5 nitrogen and oxygen atoms in total. The van der Waals surface area contributed by atoms with Gasteiger partial charge >= 0.3 is 5.97 Å². The van der Waals surface area contributed by atoms with E-state index in [0.717, 1.165) is 25.7 Å². The lowest BCUT2D eigenvalue weighted by Crippen LogP contribution is -2.57. The number of allylic oxidation sites excluding steroid dienone is 1. The molecule has 7 unspecified atom stereocenters. The molecule has 0 radical (unpaired) electrons. The lowest BCUT2D eigenvalue weighted by atomic mass is 9.44. The molecule has 3 aliphatic rings. The van der Waals surface area contributed by atoms with E-state index in [1.165, 1.54) is 5.57 Å². The van der Waals surface area contributed by atoms with Crippen LogP contribution in [0.25, 0.3) is 0 Å². The fourth-order valence-electron chi connectivity index (χ4n) is 6.37. The third-order valence-corrected chi connectivity index (χ3v) is 7.78. The Labute approximate surface area is 149 Å². The second kappa shape index (κ2) is 6.07. The van der Waals surface area contributed by atoms with Gasteiger partial charge in [-0.3, -0.25) is 4.79 Å². The van der Waals surface area contributed by atoms with Crippen molar-refractivity contribution < 1.29 is 25.2 Å². The molecule has 0 aliphatic heterocycles. The maximum Gasteiger partial charge on any atom is 0.309 e. The van der Waals surface area contributed by atoms with E-state index in [1.54, 1.807) is 6.92 Å². The predicted octanol–water partition coefficient (Wildman–Crippen LogP) is 2.34. The van der Waals surface area contributed by atoms with Crippen LogP contribution in [0.1, 0.15) is 59.3 Å². The minimum absolute atomic E-state index is 0.0511. The number of carboxylic acid groups (broad SMARTS) is 1. The van der Waals surface area contributed by atoms with E-state index in [9.17, 15) is 25.2 Å². The number of aliphatic hydroxyl groups excluding tert-OH is 3. The van der Waals surface area contributed by atoms with Gasteiger partial charge in [0.05, 0.1) is 24.2 Å². The van der Waals surface area contributed by atoms with Crippen LogP contribution in [0.3, 0.4) is 0 Å². The lowest BCUT2D eigenvalue weighted by molar-refractivity contribution is -0.174. The van der Waals surface area contributed by atoms with Crippen molar-refractivity contribution in [2.75, 3.05) is 6.61 Å². The summed E-state index contributed by atoms with van der Waals surface area (Å²) in [4.78, 5) is 12.0. The largest absolute Gasteiger partial charge is 0.481 e. The molecule has 7 atom stereocenters. The zero-order valence-corrected chi connectivity index (χ0v) is 15.5. The van der Waals surface area contributed by atoms with Gasteiger partial charge in [0.2, 0.25) is 0 Å². The number of hydrogen-bond donors (Lipinski definition) is 4. The fourth-order valence-corrected chi connectivity index (χ4v) is 6.37. The zero-order valence-electron chi connectivity index (χ0n) is 15.5. The minimum atomic E-state index is -0.886. The quantitative estimate of drug-likeness (QED) is 0.585. The van der Waals surface area contributed by atoms with E-state index >= 15 is 0 Å². The first-order valence-electron chi connectivity index (χ1n) is 9.49. The van der Waals surface area contributed by atoms with Crippen molar-refractivity contribution in [2.45, 2.75) is 71.5 Å². The summed E-state index contributed by atoms with van der Waals surface area (Å²) >= 11 is 0. The van der Waals surface area contributed by atoms with Gasteiger partial charge in [0, 0.05) is 5.41 Å². The Morgan fingerprint density at radius 3 is 2.56 bits per heavy atom. The zero-order chi connectivity index (χ0) is 18.6. The predicted molar refractivity (Wildman–Crippen MR) is 93.8 cm³/mol. The molecule has 4 N–H and O–H groups in total. The van der Waals surface area contributed by atoms with Crippen LogP contribution in [0, 0.1) is 28.1 Å². The molecule has 0 spiro atoms. The average Bonchev–Trinajstić information content (AvgIpc) is 2.52. The van der Waals surface area contributed by atoms with Crippen molar-refractivity contribution in [1.29, 1.82) is 0 Å². The number of carboxylic acids is 1. The molecule has 0 aromatic carbocycles. The Balaban J connectivity index is 1.98. The van der Waals surface area contributed by atoms with Crippen LogP contribution in [0.15, 0.2) is 11.6 Å². The number of aliphatic hydroxyl groups is 3. The number of hydrogen-bond acceptors (Lipinski definition) is 4. The lowest BCUT2D eigenvalue weighted by Gasteiger charge is -2.60. The average molecular weight is 352 g/mol. The van der Waals surface area contributed by atoms with Gasteiger partial charge in [0.1, 0.15) is 0 Å². The maximum atomic E-state index is 12.0. The van der Waals surface area contributed by atoms with Gasteiger partial charge in [0.15, 0.2) is 0 Å². The first kappa shape index (κ1) is 18.9. The van der Waals surface area contributed by atoms with Crippen LogP contribution >= 0.6 is 0 Å². The van der Waals surface area contributed by atoms with Crippen LogP contribution in [-0.4, -0.2) is 45.2 Å². The van der Waals surface area contributed by atoms with Gasteiger partial charge < -0.3 is 20.4 Å². The molecule has 2 fully saturated rings. The molecule has 2 saturated carbocycles. The van der Waals surface area contributed by atoms with E-state index in [2.05, 4.69) is 13.0 Å². The molecule has 0 heterocycles. The van der Waals surface area contributed by atoms with Crippen LogP contribution in [-0.2, 0) is 4.79 Å². The molecular weight excluding hydrogens is 320 g/mol. The summed E-state index contributed by atoms with van der Waals surface area (Å²) in [7, 11) is 0. The van der Waals surface area contributed by atoms with Crippen LogP contribution in [0.5, 0.6) is 0 Å². The molecule has 0 aromatic heterocycles. The van der Waals surface area contributed by atoms with Crippen LogP contribution < -0.4 is 0 Å². The fraction of sp³-hybridized carbons (Fsp3) is 0.850. The first-order chi connectivity index (χ1) is 11.6. The standard InChI is InChI=1S/C20H32O5/c1-18(16(23)11-21)7-6-14-12(8-18)4-5-15-19(14,2)9-13(22)10-20(15,3)17(24)25/h8,13-16,21-23H,4-7,9-11H2,1-3H3,(H,24,25). The van der Waals surface area contributed by atoms with Gasteiger partial charge in [-0.1, -0.05) is 25.5 Å². The highest BCUT2D eigenvalue weighted by Crippen LogP contribution is 2.64. The Kier molecular flexibility index (Phi) is 4.58. The summed E-state index contributed by atoms with van der Waals surface area (Å²) in [6.45, 7) is 5.70. The van der Waals surface area contributed by atoms with Crippen molar-refractivity contribution >= 4 is 5.97 Å². The van der Waals surface area contributed by atoms with Crippen molar-refractivity contribution in [1.82, 2.24) is 0 Å². The van der Waals surface area contributed by atoms with Crippen LogP contribution in [0.2, 0.25) is 0 Å². The molecule has 25 heavy (non-hydrogen) atoms. The number of rotatable bonds is 3. The maximum absolute atomic E-state index is 12.0. The topological polar surface area (TPSA) is 98.0 Å². The number of fused-ring (bicyclic) bond motifs is 3. The van der Waals surface area contributed by atoms with E-state index in [4.69, 9.17) is 0 Å². The first-order valence-corrected chi connectivity index (χ1v) is 9.49. The monoisotopic (exact) mass is 352 g/mol. The molecular formula is C20H32O5. The number of carbonyl (C=O) groups is 1. The van der Waals surface area contributed by atoms with E-state index in [1.807, 2.05) is 6.92 Å². The molecule has 3 rings (SSSR count). The Morgan fingerprint density at radius 1 is 1.28 bits per heavy atom. The number of aliphatic carboxylic acids is 1. The summed E-state index contributed by atoms with van der Waals surface area (Å²) < 4.78 is 0. The summed E-state index contributed by atoms with van der Waals surface area (Å²) in [5.74, 6) is -0.500. The highest BCUT2D eigenvalue weighted by molar-refractivity contribution is 5.75. The summed E-state index contributed by atoms with van der Waals surface area (Å²) in [5.41, 5.74) is -0.265. The smallest absolute Gasteiger partial charge is 0.309 e. The highest BCUT2D eigenvalue weighted by atomic mass is 16.4. The van der Waals surface area contributed by atoms with Crippen molar-refractivity contribution in [3.63, 3.8) is 0 Å². The Hall–Kier alpha value is -0.910. The van der Waals surface area contributed by atoms with Crippen molar-refractivity contribution in [2.24, 2.45) is 28.1 Å².